The van der Waals surface area contributed by atoms with E-state index in [-0.39, 0.29) is 0 Å². The summed E-state index contributed by atoms with van der Waals surface area (Å²) in [5.74, 6) is 0.796. The molecule has 0 radical (unpaired) electrons. The summed E-state index contributed by atoms with van der Waals surface area (Å²) in [7, 11) is 0. The normalized spacial score (nSPS) is 10.5. The smallest absolute Gasteiger partial charge is 0.194 e. The van der Waals surface area contributed by atoms with Crippen LogP contribution in [0.15, 0.2) is 34.9 Å². The molecule has 1 aromatic heterocycles. The Balaban J connectivity index is 1.96. The van der Waals surface area contributed by atoms with Crippen LogP contribution in [0.5, 0.6) is 0 Å². The van der Waals surface area contributed by atoms with Crippen LogP contribution in [-0.2, 0) is 12.8 Å². The van der Waals surface area contributed by atoms with E-state index in [2.05, 4.69) is 4.98 Å². The Kier molecular flexibility index (Phi) is 2.72. The highest BCUT2D eigenvalue weighted by molar-refractivity contribution is 5.39. The van der Waals surface area contributed by atoms with E-state index < -0.39 is 0 Å². The van der Waals surface area contributed by atoms with Gasteiger partial charge in [0.1, 0.15) is 6.26 Å². The third-order valence-electron chi connectivity index (χ3n) is 2.27. The fraction of sp³-hybridized carbons (Fsp3) is 0.250. The van der Waals surface area contributed by atoms with E-state index in [1.165, 1.54) is 5.56 Å². The van der Waals surface area contributed by atoms with Gasteiger partial charge in [-0.25, -0.2) is 4.98 Å². The number of hydrogen-bond donors (Lipinski definition) is 1. The summed E-state index contributed by atoms with van der Waals surface area (Å²) in [5, 5.41) is 0. The van der Waals surface area contributed by atoms with Gasteiger partial charge in [-0.05, 0) is 31.0 Å². The van der Waals surface area contributed by atoms with Crippen LogP contribution in [-0.4, -0.2) is 4.98 Å². The first-order chi connectivity index (χ1) is 7.24. The van der Waals surface area contributed by atoms with E-state index in [9.17, 15) is 0 Å². The number of aryl methyl sites for hydroxylation is 3. The molecule has 3 nitrogen and oxygen atoms in total. The first-order valence-electron chi connectivity index (χ1n) is 4.99. The summed E-state index contributed by atoms with van der Waals surface area (Å²) in [6.07, 6.45) is 3.44. The average molecular weight is 202 g/mol. The van der Waals surface area contributed by atoms with Gasteiger partial charge in [0.2, 0.25) is 0 Å². The lowest BCUT2D eigenvalue weighted by Gasteiger charge is -1.99. The van der Waals surface area contributed by atoms with Crippen molar-refractivity contribution in [2.24, 2.45) is 0 Å². The van der Waals surface area contributed by atoms with E-state index in [0.717, 1.165) is 30.1 Å². The number of hydrogen-bond acceptors (Lipinski definition) is 3. The van der Waals surface area contributed by atoms with Crippen molar-refractivity contribution in [3.63, 3.8) is 0 Å². The summed E-state index contributed by atoms with van der Waals surface area (Å²) in [5.41, 5.74) is 8.59. The summed E-state index contributed by atoms with van der Waals surface area (Å²) >= 11 is 0. The minimum Gasteiger partial charge on any atom is -0.449 e. The van der Waals surface area contributed by atoms with Crippen LogP contribution in [0.1, 0.15) is 17.1 Å². The monoisotopic (exact) mass is 202 g/mol. The molecule has 15 heavy (non-hydrogen) atoms. The molecule has 0 aliphatic rings. The van der Waals surface area contributed by atoms with Crippen LogP contribution >= 0.6 is 0 Å². The molecule has 0 amide bonds. The van der Waals surface area contributed by atoms with E-state index in [0.29, 0.717) is 0 Å². The first kappa shape index (κ1) is 9.77. The SMILES string of the molecule is Cc1coc(CCc2ccc(N)cc2)n1. The van der Waals surface area contributed by atoms with Crippen molar-refractivity contribution in [2.45, 2.75) is 19.8 Å². The summed E-state index contributed by atoms with van der Waals surface area (Å²) in [6, 6.07) is 7.89. The second kappa shape index (κ2) is 4.17. The molecule has 2 N–H and O–H groups in total. The van der Waals surface area contributed by atoms with Gasteiger partial charge in [-0.1, -0.05) is 12.1 Å². The van der Waals surface area contributed by atoms with Crippen molar-refractivity contribution in [2.75, 3.05) is 5.73 Å². The fourth-order valence-electron chi connectivity index (χ4n) is 1.45. The molecule has 0 atom stereocenters. The molecule has 0 fully saturated rings. The first-order valence-corrected chi connectivity index (χ1v) is 4.99. The molecule has 0 aliphatic heterocycles. The molecule has 1 aromatic carbocycles. The van der Waals surface area contributed by atoms with Gasteiger partial charge in [-0.3, -0.25) is 0 Å². The van der Waals surface area contributed by atoms with Crippen molar-refractivity contribution in [3.05, 3.63) is 47.7 Å². The Hall–Kier alpha value is -1.77. The predicted octanol–water partition coefficient (Wildman–Crippen LogP) is 2.35. The zero-order valence-electron chi connectivity index (χ0n) is 8.73. The van der Waals surface area contributed by atoms with Gasteiger partial charge in [-0.15, -0.1) is 0 Å². The zero-order valence-corrected chi connectivity index (χ0v) is 8.73. The highest BCUT2D eigenvalue weighted by atomic mass is 16.3. The predicted molar refractivity (Wildman–Crippen MR) is 59.5 cm³/mol. The average Bonchev–Trinajstić information content (AvgIpc) is 2.64. The van der Waals surface area contributed by atoms with Crippen molar-refractivity contribution in [1.82, 2.24) is 4.98 Å². The molecule has 0 saturated heterocycles. The maximum Gasteiger partial charge on any atom is 0.194 e. The Morgan fingerprint density at radius 3 is 2.53 bits per heavy atom. The number of aromatic nitrogens is 1. The van der Waals surface area contributed by atoms with Crippen LogP contribution in [0.2, 0.25) is 0 Å². The lowest BCUT2D eigenvalue weighted by molar-refractivity contribution is 0.493. The maximum absolute atomic E-state index is 5.61. The fourth-order valence-corrected chi connectivity index (χ4v) is 1.45. The summed E-state index contributed by atoms with van der Waals surface area (Å²) in [6.45, 7) is 1.93. The highest BCUT2D eigenvalue weighted by Gasteiger charge is 2.01. The lowest BCUT2D eigenvalue weighted by Crippen LogP contribution is -1.92. The zero-order chi connectivity index (χ0) is 10.7. The number of nitrogens with zero attached hydrogens (tertiary/aromatic N) is 1. The molecule has 0 bridgehead atoms. The van der Waals surface area contributed by atoms with Crippen molar-refractivity contribution < 1.29 is 4.42 Å². The van der Waals surface area contributed by atoms with Crippen LogP contribution in [0.4, 0.5) is 5.69 Å². The molecule has 0 saturated carbocycles. The van der Waals surface area contributed by atoms with Gasteiger partial charge in [0.05, 0.1) is 5.69 Å². The molecular weight excluding hydrogens is 188 g/mol. The van der Waals surface area contributed by atoms with Gasteiger partial charge in [-0.2, -0.15) is 0 Å². The Bertz CT molecular complexity index is 431. The van der Waals surface area contributed by atoms with E-state index in [1.807, 2.05) is 31.2 Å². The number of benzene rings is 1. The maximum atomic E-state index is 5.61. The number of anilines is 1. The molecule has 78 valence electrons. The Labute approximate surface area is 88.9 Å². The minimum absolute atomic E-state index is 0.796. The number of nitrogen functional groups attached to an aromatic ring is 1. The van der Waals surface area contributed by atoms with Crippen LogP contribution < -0.4 is 5.73 Å². The molecule has 2 rings (SSSR count). The number of rotatable bonds is 3. The molecule has 0 aliphatic carbocycles. The van der Waals surface area contributed by atoms with E-state index in [4.69, 9.17) is 10.2 Å². The van der Waals surface area contributed by atoms with Gasteiger partial charge in [0, 0.05) is 12.1 Å². The summed E-state index contributed by atoms with van der Waals surface area (Å²) < 4.78 is 5.27. The third-order valence-corrected chi connectivity index (χ3v) is 2.27. The topological polar surface area (TPSA) is 52.0 Å². The molecule has 3 heteroatoms. The quantitative estimate of drug-likeness (QED) is 0.777. The summed E-state index contributed by atoms with van der Waals surface area (Å²) in [4.78, 5) is 4.25. The highest BCUT2D eigenvalue weighted by Crippen LogP contribution is 2.09. The molecule has 0 spiro atoms. The largest absolute Gasteiger partial charge is 0.449 e. The lowest BCUT2D eigenvalue weighted by atomic mass is 10.1. The number of oxazole rings is 1. The number of nitrogens with two attached hydrogens (primary N) is 1. The third kappa shape index (κ3) is 2.59. The Morgan fingerprint density at radius 1 is 1.20 bits per heavy atom. The van der Waals surface area contributed by atoms with Crippen LogP contribution in [0.25, 0.3) is 0 Å². The Morgan fingerprint density at radius 2 is 1.93 bits per heavy atom. The van der Waals surface area contributed by atoms with Gasteiger partial charge < -0.3 is 10.2 Å². The van der Waals surface area contributed by atoms with Crippen molar-refractivity contribution >= 4 is 5.69 Å². The van der Waals surface area contributed by atoms with Crippen LogP contribution in [0, 0.1) is 6.92 Å². The van der Waals surface area contributed by atoms with Gasteiger partial charge >= 0.3 is 0 Å². The van der Waals surface area contributed by atoms with Crippen molar-refractivity contribution in [1.29, 1.82) is 0 Å². The standard InChI is InChI=1S/C12H14N2O/c1-9-8-15-12(14-9)7-4-10-2-5-11(13)6-3-10/h2-3,5-6,8H,4,7,13H2,1H3. The van der Waals surface area contributed by atoms with Gasteiger partial charge in [0.25, 0.3) is 0 Å². The van der Waals surface area contributed by atoms with E-state index >= 15 is 0 Å². The van der Waals surface area contributed by atoms with E-state index in [1.54, 1.807) is 6.26 Å². The minimum atomic E-state index is 0.796. The molecule has 1 heterocycles. The van der Waals surface area contributed by atoms with Crippen molar-refractivity contribution in [3.8, 4) is 0 Å². The second-order valence-electron chi connectivity index (χ2n) is 3.62. The second-order valence-corrected chi connectivity index (χ2v) is 3.62. The molecule has 0 unspecified atom stereocenters. The molecule has 2 aromatic rings. The van der Waals surface area contributed by atoms with Gasteiger partial charge in [0.15, 0.2) is 5.89 Å². The van der Waals surface area contributed by atoms with Crippen LogP contribution in [0.3, 0.4) is 0 Å². The molecular formula is C12H14N2O.